The number of aromatic nitrogens is 5. The SMILES string of the molecule is CC(C)(C)c1nn2c(N)nnc2[nH]c1=O. The van der Waals surface area contributed by atoms with Crippen LogP contribution in [0.15, 0.2) is 4.79 Å². The van der Waals surface area contributed by atoms with Gasteiger partial charge in [0.2, 0.25) is 5.95 Å². The molecular formula is C8H12N6O. The van der Waals surface area contributed by atoms with Crippen LogP contribution in [0.5, 0.6) is 0 Å². The monoisotopic (exact) mass is 208 g/mol. The van der Waals surface area contributed by atoms with Crippen molar-refractivity contribution in [3.63, 3.8) is 0 Å². The molecule has 0 unspecified atom stereocenters. The van der Waals surface area contributed by atoms with E-state index in [9.17, 15) is 4.79 Å². The quantitative estimate of drug-likeness (QED) is 0.618. The predicted molar refractivity (Wildman–Crippen MR) is 54.5 cm³/mol. The van der Waals surface area contributed by atoms with Gasteiger partial charge in [0, 0.05) is 5.41 Å². The van der Waals surface area contributed by atoms with E-state index in [4.69, 9.17) is 5.73 Å². The van der Waals surface area contributed by atoms with Gasteiger partial charge in [-0.3, -0.25) is 9.78 Å². The van der Waals surface area contributed by atoms with Gasteiger partial charge in [0.25, 0.3) is 11.3 Å². The van der Waals surface area contributed by atoms with Gasteiger partial charge in [0.05, 0.1) is 0 Å². The molecule has 0 aliphatic carbocycles. The van der Waals surface area contributed by atoms with Crippen LogP contribution in [-0.2, 0) is 5.41 Å². The second-order valence-electron chi connectivity index (χ2n) is 4.35. The molecule has 0 amide bonds. The van der Waals surface area contributed by atoms with Crippen molar-refractivity contribution in [2.45, 2.75) is 26.2 Å². The molecule has 7 nitrogen and oxygen atoms in total. The smallest absolute Gasteiger partial charge is 0.274 e. The second-order valence-corrected chi connectivity index (χ2v) is 4.35. The minimum atomic E-state index is -0.349. The number of nitrogens with zero attached hydrogens (tertiary/aromatic N) is 4. The summed E-state index contributed by atoms with van der Waals surface area (Å²) in [5.74, 6) is 0.414. The second kappa shape index (κ2) is 2.78. The lowest BCUT2D eigenvalue weighted by Gasteiger charge is -2.15. The summed E-state index contributed by atoms with van der Waals surface area (Å²) >= 11 is 0. The summed E-state index contributed by atoms with van der Waals surface area (Å²) in [6.07, 6.45) is 0. The zero-order chi connectivity index (χ0) is 11.2. The van der Waals surface area contributed by atoms with E-state index in [1.54, 1.807) is 0 Å². The van der Waals surface area contributed by atoms with Crippen LogP contribution in [0.2, 0.25) is 0 Å². The van der Waals surface area contributed by atoms with Crippen molar-refractivity contribution < 1.29 is 0 Å². The van der Waals surface area contributed by atoms with Gasteiger partial charge in [0.15, 0.2) is 0 Å². The Morgan fingerprint density at radius 1 is 1.33 bits per heavy atom. The first-order valence-electron chi connectivity index (χ1n) is 4.51. The first-order valence-corrected chi connectivity index (χ1v) is 4.51. The number of nitrogen functional groups attached to an aromatic ring is 1. The maximum Gasteiger partial charge on any atom is 0.274 e. The minimum Gasteiger partial charge on any atom is -0.366 e. The van der Waals surface area contributed by atoms with Crippen molar-refractivity contribution in [3.8, 4) is 0 Å². The number of nitrogens with one attached hydrogen (secondary N) is 1. The van der Waals surface area contributed by atoms with Crippen molar-refractivity contribution in [2.75, 3.05) is 5.73 Å². The highest BCUT2D eigenvalue weighted by atomic mass is 16.1. The summed E-state index contributed by atoms with van der Waals surface area (Å²) in [7, 11) is 0. The van der Waals surface area contributed by atoms with E-state index in [0.717, 1.165) is 0 Å². The molecule has 2 heterocycles. The highest BCUT2D eigenvalue weighted by molar-refractivity contribution is 5.33. The van der Waals surface area contributed by atoms with Crippen molar-refractivity contribution in [1.29, 1.82) is 0 Å². The van der Waals surface area contributed by atoms with Crippen LogP contribution in [0.25, 0.3) is 5.78 Å². The standard InChI is InChI=1S/C8H12N6O/c1-8(2,3)4-5(15)10-7-12-11-6(9)14(7)13-4/h1-3H3,(H2,9,11)(H,10,12,15). The molecule has 7 heteroatoms. The first kappa shape index (κ1) is 9.63. The fraction of sp³-hybridized carbons (Fsp3) is 0.500. The molecule has 0 aliphatic heterocycles. The lowest BCUT2D eigenvalue weighted by Crippen LogP contribution is -2.28. The van der Waals surface area contributed by atoms with Gasteiger partial charge in [0.1, 0.15) is 5.69 Å². The number of hydrogen-bond donors (Lipinski definition) is 2. The van der Waals surface area contributed by atoms with Crippen molar-refractivity contribution in [1.82, 2.24) is 24.8 Å². The maximum atomic E-state index is 11.6. The Balaban J connectivity index is 2.82. The fourth-order valence-electron chi connectivity index (χ4n) is 1.27. The van der Waals surface area contributed by atoms with Gasteiger partial charge in [-0.15, -0.1) is 10.2 Å². The largest absolute Gasteiger partial charge is 0.366 e. The number of aromatic amines is 1. The van der Waals surface area contributed by atoms with E-state index in [1.807, 2.05) is 20.8 Å². The molecule has 0 radical (unpaired) electrons. The average molecular weight is 208 g/mol. The van der Waals surface area contributed by atoms with Gasteiger partial charge in [-0.25, -0.2) is 0 Å². The van der Waals surface area contributed by atoms with E-state index >= 15 is 0 Å². The molecule has 0 aromatic carbocycles. The van der Waals surface area contributed by atoms with Gasteiger partial charge in [-0.2, -0.15) is 9.61 Å². The normalized spacial score (nSPS) is 12.2. The Morgan fingerprint density at radius 2 is 2.00 bits per heavy atom. The average Bonchev–Trinajstić information content (AvgIpc) is 2.44. The maximum absolute atomic E-state index is 11.6. The Labute approximate surface area is 85.3 Å². The molecule has 0 bridgehead atoms. The number of hydrogen-bond acceptors (Lipinski definition) is 5. The zero-order valence-electron chi connectivity index (χ0n) is 8.77. The third-order valence-electron chi connectivity index (χ3n) is 2.02. The molecule has 80 valence electrons. The van der Waals surface area contributed by atoms with Crippen LogP contribution in [0.4, 0.5) is 5.95 Å². The van der Waals surface area contributed by atoms with E-state index in [0.29, 0.717) is 5.69 Å². The Bertz CT molecular complexity index is 560. The third kappa shape index (κ3) is 1.45. The fourth-order valence-corrected chi connectivity index (χ4v) is 1.27. The molecule has 0 saturated carbocycles. The molecule has 2 aromatic heterocycles. The van der Waals surface area contributed by atoms with E-state index in [-0.39, 0.29) is 22.7 Å². The summed E-state index contributed by atoms with van der Waals surface area (Å²) in [5, 5.41) is 11.4. The number of anilines is 1. The number of H-pyrrole nitrogens is 1. The van der Waals surface area contributed by atoms with Crippen molar-refractivity contribution in [3.05, 3.63) is 16.0 Å². The lowest BCUT2D eigenvalue weighted by molar-refractivity contribution is 0.543. The summed E-state index contributed by atoms with van der Waals surface area (Å²) in [5.41, 5.74) is 5.34. The van der Waals surface area contributed by atoms with Gasteiger partial charge >= 0.3 is 0 Å². The van der Waals surface area contributed by atoms with E-state index in [1.165, 1.54) is 4.52 Å². The zero-order valence-corrected chi connectivity index (χ0v) is 8.77. The van der Waals surface area contributed by atoms with E-state index < -0.39 is 0 Å². The van der Waals surface area contributed by atoms with Crippen LogP contribution in [-0.4, -0.2) is 24.8 Å². The summed E-state index contributed by atoms with van der Waals surface area (Å²) in [6, 6.07) is 0. The summed E-state index contributed by atoms with van der Waals surface area (Å²) < 4.78 is 1.32. The Hall–Kier alpha value is -1.92. The summed E-state index contributed by atoms with van der Waals surface area (Å²) in [4.78, 5) is 14.2. The van der Waals surface area contributed by atoms with E-state index in [2.05, 4.69) is 20.3 Å². The number of fused-ring (bicyclic) bond motifs is 1. The van der Waals surface area contributed by atoms with Crippen LogP contribution in [0.1, 0.15) is 26.5 Å². The summed E-state index contributed by atoms with van der Waals surface area (Å²) in [6.45, 7) is 5.70. The predicted octanol–water partition coefficient (Wildman–Crippen LogP) is -0.308. The molecule has 2 aromatic rings. The molecule has 0 atom stereocenters. The Kier molecular flexibility index (Phi) is 1.79. The lowest BCUT2D eigenvalue weighted by atomic mass is 9.93. The van der Waals surface area contributed by atoms with Crippen molar-refractivity contribution >= 4 is 11.7 Å². The van der Waals surface area contributed by atoms with Crippen molar-refractivity contribution in [2.24, 2.45) is 0 Å². The van der Waals surface area contributed by atoms with Gasteiger partial charge in [-0.1, -0.05) is 20.8 Å². The molecule has 2 rings (SSSR count). The minimum absolute atomic E-state index is 0.159. The van der Waals surface area contributed by atoms with Crippen LogP contribution in [0.3, 0.4) is 0 Å². The highest BCUT2D eigenvalue weighted by Crippen LogP contribution is 2.15. The molecule has 0 aliphatic rings. The molecule has 0 fully saturated rings. The molecule has 0 saturated heterocycles. The molecular weight excluding hydrogens is 196 g/mol. The number of nitrogens with two attached hydrogens (primary N) is 1. The van der Waals surface area contributed by atoms with Gasteiger partial charge in [-0.05, 0) is 0 Å². The van der Waals surface area contributed by atoms with Crippen LogP contribution < -0.4 is 11.3 Å². The third-order valence-corrected chi connectivity index (χ3v) is 2.02. The van der Waals surface area contributed by atoms with Crippen LogP contribution >= 0.6 is 0 Å². The molecule has 0 spiro atoms. The highest BCUT2D eigenvalue weighted by Gasteiger charge is 2.21. The first-order chi connectivity index (χ1) is 6.89. The topological polar surface area (TPSA) is 102 Å². The Morgan fingerprint density at radius 3 is 2.60 bits per heavy atom. The molecule has 3 N–H and O–H groups in total. The number of rotatable bonds is 0. The van der Waals surface area contributed by atoms with Crippen LogP contribution in [0, 0.1) is 0 Å². The van der Waals surface area contributed by atoms with Gasteiger partial charge < -0.3 is 5.73 Å². The molecule has 15 heavy (non-hydrogen) atoms.